The second-order valence-electron chi connectivity index (χ2n) is 8.03. The van der Waals surface area contributed by atoms with Gasteiger partial charge < -0.3 is 14.9 Å². The van der Waals surface area contributed by atoms with Crippen molar-refractivity contribution in [3.8, 4) is 0 Å². The van der Waals surface area contributed by atoms with Gasteiger partial charge in [-0.3, -0.25) is 4.90 Å². The van der Waals surface area contributed by atoms with Gasteiger partial charge in [-0.05, 0) is 36.6 Å². The summed E-state index contributed by atoms with van der Waals surface area (Å²) in [6.07, 6.45) is -1.13. The maximum absolute atomic E-state index is 13.2. The number of carbonyl (C=O) groups is 2. The topological polar surface area (TPSA) is 81.9 Å². The number of nitrogens with zero attached hydrogens (tertiary/aromatic N) is 5. The van der Waals surface area contributed by atoms with Crippen molar-refractivity contribution < 1.29 is 27.9 Å². The minimum absolute atomic E-state index is 0.200. The molecule has 2 aromatic rings. The predicted octanol–water partition coefficient (Wildman–Crippen LogP) is 4.01. The van der Waals surface area contributed by atoms with Gasteiger partial charge in [-0.25, -0.2) is 9.59 Å². The SMILES string of the molecule is CC.O=C(O)c1ccn(C(=O)N2CCN(Cc3ccc(C(F)(F)F)cc3N3CCCC3)CC2)n1. The molecule has 1 amide bonds. The lowest BCUT2D eigenvalue weighted by Crippen LogP contribution is -2.49. The molecular formula is C23H30F3N5O3. The quantitative estimate of drug-likeness (QED) is 0.711. The van der Waals surface area contributed by atoms with E-state index in [1.807, 2.05) is 18.7 Å². The second-order valence-corrected chi connectivity index (χ2v) is 8.03. The highest BCUT2D eigenvalue weighted by molar-refractivity contribution is 5.86. The van der Waals surface area contributed by atoms with Crippen LogP contribution in [0.4, 0.5) is 23.7 Å². The van der Waals surface area contributed by atoms with Crippen LogP contribution in [0.5, 0.6) is 0 Å². The minimum Gasteiger partial charge on any atom is -0.476 e. The number of hydrogen-bond acceptors (Lipinski definition) is 5. The molecule has 8 nitrogen and oxygen atoms in total. The van der Waals surface area contributed by atoms with E-state index in [-0.39, 0.29) is 5.69 Å². The van der Waals surface area contributed by atoms with Gasteiger partial charge in [0, 0.05) is 57.7 Å². The molecular weight excluding hydrogens is 451 g/mol. The fourth-order valence-corrected chi connectivity index (χ4v) is 4.15. The lowest BCUT2D eigenvalue weighted by atomic mass is 10.1. The van der Waals surface area contributed by atoms with Gasteiger partial charge in [-0.2, -0.15) is 23.0 Å². The van der Waals surface area contributed by atoms with E-state index < -0.39 is 23.7 Å². The first kappa shape index (κ1) is 25.5. The summed E-state index contributed by atoms with van der Waals surface area (Å²) in [6, 6.07) is 4.81. The van der Waals surface area contributed by atoms with Crippen molar-refractivity contribution in [1.82, 2.24) is 19.6 Å². The van der Waals surface area contributed by atoms with Crippen LogP contribution in [0.3, 0.4) is 0 Å². The lowest BCUT2D eigenvalue weighted by molar-refractivity contribution is -0.137. The Balaban J connectivity index is 0.00000158. The summed E-state index contributed by atoms with van der Waals surface area (Å²) in [5.74, 6) is -1.20. The highest BCUT2D eigenvalue weighted by atomic mass is 19.4. The Kier molecular flexibility index (Phi) is 8.19. The standard InChI is InChI=1S/C21H24F3N5O3.C2H6/c22-21(23,24)16-4-3-15(18(13-16)27-6-1-2-7-27)14-26-9-11-28(12-10-26)20(32)29-8-5-17(25-29)19(30)31;1-2/h3-5,8,13H,1-2,6-7,9-12,14H2,(H,30,31);1-2H3. The number of benzene rings is 1. The van der Waals surface area contributed by atoms with Crippen LogP contribution in [-0.4, -0.2) is 76.0 Å². The van der Waals surface area contributed by atoms with E-state index in [1.54, 1.807) is 11.0 Å². The van der Waals surface area contributed by atoms with Crippen LogP contribution in [0.2, 0.25) is 0 Å². The van der Waals surface area contributed by atoms with E-state index in [4.69, 9.17) is 5.11 Å². The molecule has 4 rings (SSSR count). The molecule has 2 saturated heterocycles. The number of aromatic nitrogens is 2. The smallest absolute Gasteiger partial charge is 0.416 e. The van der Waals surface area contributed by atoms with Crippen molar-refractivity contribution in [2.24, 2.45) is 0 Å². The van der Waals surface area contributed by atoms with Gasteiger partial charge in [0.25, 0.3) is 0 Å². The first-order valence-electron chi connectivity index (χ1n) is 11.5. The highest BCUT2D eigenvalue weighted by Crippen LogP contribution is 2.35. The number of carbonyl (C=O) groups excluding carboxylic acids is 1. The van der Waals surface area contributed by atoms with Crippen molar-refractivity contribution in [2.75, 3.05) is 44.2 Å². The molecule has 1 N–H and O–H groups in total. The number of carboxylic acids is 1. The third kappa shape index (κ3) is 5.88. The minimum atomic E-state index is -4.38. The van der Waals surface area contributed by atoms with Crippen molar-refractivity contribution in [3.05, 3.63) is 47.3 Å². The van der Waals surface area contributed by atoms with Gasteiger partial charge in [-0.1, -0.05) is 19.9 Å². The Morgan fingerprint density at radius 2 is 1.65 bits per heavy atom. The van der Waals surface area contributed by atoms with Crippen LogP contribution in [0, 0.1) is 0 Å². The number of anilines is 1. The van der Waals surface area contributed by atoms with Crippen LogP contribution in [0.25, 0.3) is 0 Å². The van der Waals surface area contributed by atoms with E-state index in [2.05, 4.69) is 10.00 Å². The number of piperazine rings is 1. The molecule has 1 aromatic carbocycles. The average Bonchev–Trinajstić information content (AvgIpc) is 3.53. The highest BCUT2D eigenvalue weighted by Gasteiger charge is 2.32. The third-order valence-corrected chi connectivity index (χ3v) is 5.90. The largest absolute Gasteiger partial charge is 0.476 e. The zero-order valence-corrected chi connectivity index (χ0v) is 19.4. The first-order chi connectivity index (χ1) is 16.2. The Labute approximate surface area is 196 Å². The Bertz CT molecular complexity index is 994. The van der Waals surface area contributed by atoms with Gasteiger partial charge in [0.15, 0.2) is 5.69 Å². The molecule has 2 fully saturated rings. The van der Waals surface area contributed by atoms with Crippen LogP contribution >= 0.6 is 0 Å². The van der Waals surface area contributed by atoms with Gasteiger partial charge in [0.05, 0.1) is 5.56 Å². The monoisotopic (exact) mass is 481 g/mol. The third-order valence-electron chi connectivity index (χ3n) is 5.90. The molecule has 0 unspecified atom stereocenters. The van der Waals surface area contributed by atoms with E-state index in [0.717, 1.165) is 42.2 Å². The fraction of sp³-hybridized carbons (Fsp3) is 0.522. The number of aromatic carboxylic acids is 1. The van der Waals surface area contributed by atoms with Crippen LogP contribution < -0.4 is 4.90 Å². The van der Waals surface area contributed by atoms with Gasteiger partial charge >= 0.3 is 18.2 Å². The summed E-state index contributed by atoms with van der Waals surface area (Å²) in [5, 5.41) is 12.7. The Morgan fingerprint density at radius 1 is 1.00 bits per heavy atom. The molecule has 34 heavy (non-hydrogen) atoms. The number of halogens is 3. The number of carboxylic acid groups (broad SMARTS) is 1. The average molecular weight is 482 g/mol. The van der Waals surface area contributed by atoms with Gasteiger partial charge in [0.1, 0.15) is 0 Å². The second kappa shape index (κ2) is 10.9. The lowest BCUT2D eigenvalue weighted by Gasteiger charge is -2.35. The molecule has 3 heterocycles. The van der Waals surface area contributed by atoms with Gasteiger partial charge in [0.2, 0.25) is 0 Å². The summed E-state index contributed by atoms with van der Waals surface area (Å²) in [5.41, 5.74) is 0.638. The molecule has 0 spiro atoms. The molecule has 2 aliphatic rings. The number of hydrogen-bond donors (Lipinski definition) is 1. The summed E-state index contributed by atoms with van der Waals surface area (Å²) >= 11 is 0. The Hall–Kier alpha value is -3.08. The molecule has 186 valence electrons. The van der Waals surface area contributed by atoms with Crippen LogP contribution in [0.15, 0.2) is 30.5 Å². The molecule has 0 bridgehead atoms. The molecule has 1 aromatic heterocycles. The summed E-state index contributed by atoms with van der Waals surface area (Å²) < 4.78 is 40.7. The van der Waals surface area contributed by atoms with E-state index >= 15 is 0 Å². The number of amides is 1. The molecule has 0 radical (unpaired) electrons. The Morgan fingerprint density at radius 3 is 2.21 bits per heavy atom. The molecule has 2 aliphatic heterocycles. The maximum atomic E-state index is 13.2. The molecule has 0 saturated carbocycles. The van der Waals surface area contributed by atoms with Crippen molar-refractivity contribution >= 4 is 17.7 Å². The molecule has 0 atom stereocenters. The van der Waals surface area contributed by atoms with Crippen molar-refractivity contribution in [3.63, 3.8) is 0 Å². The van der Waals surface area contributed by atoms with E-state index in [9.17, 15) is 22.8 Å². The normalized spacial score (nSPS) is 16.9. The van der Waals surface area contributed by atoms with E-state index in [0.29, 0.717) is 38.4 Å². The van der Waals surface area contributed by atoms with Crippen LogP contribution in [0.1, 0.15) is 48.3 Å². The fourth-order valence-electron chi connectivity index (χ4n) is 4.15. The summed E-state index contributed by atoms with van der Waals surface area (Å²) in [4.78, 5) is 29.2. The summed E-state index contributed by atoms with van der Waals surface area (Å²) in [7, 11) is 0. The predicted molar refractivity (Wildman–Crippen MR) is 121 cm³/mol. The molecule has 0 aliphatic carbocycles. The zero-order valence-electron chi connectivity index (χ0n) is 19.4. The first-order valence-corrected chi connectivity index (χ1v) is 11.5. The van der Waals surface area contributed by atoms with Crippen molar-refractivity contribution in [2.45, 2.75) is 39.4 Å². The zero-order chi connectivity index (χ0) is 24.9. The van der Waals surface area contributed by atoms with Crippen molar-refractivity contribution in [1.29, 1.82) is 0 Å². The number of rotatable bonds is 4. The molecule has 11 heteroatoms. The maximum Gasteiger partial charge on any atom is 0.416 e. The van der Waals surface area contributed by atoms with E-state index in [1.165, 1.54) is 18.3 Å². The van der Waals surface area contributed by atoms with Gasteiger partial charge in [-0.15, -0.1) is 0 Å². The summed E-state index contributed by atoms with van der Waals surface area (Å²) in [6.45, 7) is 7.94. The van der Waals surface area contributed by atoms with Crippen LogP contribution in [-0.2, 0) is 12.7 Å². The number of alkyl halides is 3.